The highest BCUT2D eigenvalue weighted by Crippen LogP contribution is 2.25. The van der Waals surface area contributed by atoms with Gasteiger partial charge >= 0.3 is 0 Å². The molecule has 0 fully saturated rings. The first-order valence-electron chi connectivity index (χ1n) is 11.1. The van der Waals surface area contributed by atoms with Gasteiger partial charge in [0.1, 0.15) is 5.75 Å². The van der Waals surface area contributed by atoms with Crippen molar-refractivity contribution in [3.63, 3.8) is 0 Å². The van der Waals surface area contributed by atoms with Crippen molar-refractivity contribution < 1.29 is 14.3 Å². The number of hydrogen-bond donors (Lipinski definition) is 3. The molecular formula is C28H27N3O3. The topological polar surface area (TPSA) is 79.5 Å². The molecule has 4 aromatic rings. The second-order valence-corrected chi connectivity index (χ2v) is 7.95. The maximum atomic E-state index is 12.6. The lowest BCUT2D eigenvalue weighted by Crippen LogP contribution is -2.30. The van der Waals surface area contributed by atoms with E-state index < -0.39 is 0 Å². The van der Waals surface area contributed by atoms with Gasteiger partial charge in [0.05, 0.1) is 19.3 Å². The Bertz CT molecular complexity index is 1300. The summed E-state index contributed by atoms with van der Waals surface area (Å²) in [6.45, 7) is 2.21. The normalized spacial score (nSPS) is 11.6. The predicted molar refractivity (Wildman–Crippen MR) is 136 cm³/mol. The van der Waals surface area contributed by atoms with Crippen LogP contribution in [0.25, 0.3) is 10.8 Å². The average molecular weight is 454 g/mol. The molecule has 0 aliphatic carbocycles. The zero-order valence-electron chi connectivity index (χ0n) is 19.2. The third-order valence-electron chi connectivity index (χ3n) is 5.64. The van der Waals surface area contributed by atoms with Gasteiger partial charge in [-0.2, -0.15) is 0 Å². The summed E-state index contributed by atoms with van der Waals surface area (Å²) < 4.78 is 5.27. The van der Waals surface area contributed by atoms with Crippen LogP contribution in [0.2, 0.25) is 0 Å². The monoisotopic (exact) mass is 453 g/mol. The molecule has 0 unspecified atom stereocenters. The molecule has 6 nitrogen and oxygen atoms in total. The van der Waals surface area contributed by atoms with Crippen LogP contribution in [0.4, 0.5) is 11.4 Å². The van der Waals surface area contributed by atoms with E-state index in [2.05, 4.69) is 40.2 Å². The summed E-state index contributed by atoms with van der Waals surface area (Å²) in [5.41, 5.74) is 2.85. The van der Waals surface area contributed by atoms with Gasteiger partial charge < -0.3 is 20.7 Å². The molecular weight excluding hydrogens is 426 g/mol. The lowest BCUT2D eigenvalue weighted by molar-refractivity contribution is -0.115. The quantitative estimate of drug-likeness (QED) is 0.334. The van der Waals surface area contributed by atoms with Gasteiger partial charge in [-0.05, 0) is 59.7 Å². The van der Waals surface area contributed by atoms with E-state index in [0.717, 1.165) is 5.56 Å². The number of para-hydroxylation sites is 2. The van der Waals surface area contributed by atoms with Crippen LogP contribution in [-0.2, 0) is 4.79 Å². The molecule has 2 amide bonds. The number of benzene rings is 4. The van der Waals surface area contributed by atoms with Crippen LogP contribution in [0, 0.1) is 0 Å². The fourth-order valence-electron chi connectivity index (χ4n) is 3.84. The van der Waals surface area contributed by atoms with Crippen molar-refractivity contribution in [1.29, 1.82) is 0 Å². The number of methoxy groups -OCH3 is 1. The van der Waals surface area contributed by atoms with Gasteiger partial charge in [0, 0.05) is 17.3 Å². The number of carbonyl (C=O) groups is 2. The second kappa shape index (κ2) is 10.6. The lowest BCUT2D eigenvalue weighted by atomic mass is 10.00. The summed E-state index contributed by atoms with van der Waals surface area (Å²) in [5.74, 6) is 0.177. The molecule has 6 heteroatoms. The Morgan fingerprint density at radius 1 is 0.824 bits per heavy atom. The van der Waals surface area contributed by atoms with Crippen LogP contribution in [0.5, 0.6) is 5.75 Å². The number of anilines is 2. The minimum Gasteiger partial charge on any atom is -0.495 e. The molecule has 0 saturated carbocycles. The minimum atomic E-state index is -0.257. The Labute approximate surface area is 199 Å². The summed E-state index contributed by atoms with van der Waals surface area (Å²) in [4.78, 5) is 25.0. The molecule has 4 aromatic carbocycles. The van der Waals surface area contributed by atoms with Gasteiger partial charge in [-0.15, -0.1) is 0 Å². The summed E-state index contributed by atoms with van der Waals surface area (Å²) in [6, 6.07) is 28.4. The molecule has 0 heterocycles. The molecule has 0 spiro atoms. The van der Waals surface area contributed by atoms with Gasteiger partial charge in [0.25, 0.3) is 5.91 Å². The van der Waals surface area contributed by atoms with Crippen molar-refractivity contribution in [3.05, 3.63) is 102 Å². The number of carbonyl (C=O) groups excluding carboxylic acids is 2. The van der Waals surface area contributed by atoms with Crippen LogP contribution in [0.3, 0.4) is 0 Å². The molecule has 0 aliphatic heterocycles. The molecule has 34 heavy (non-hydrogen) atoms. The summed E-state index contributed by atoms with van der Waals surface area (Å²) in [6.07, 6.45) is 0. The molecule has 1 atom stereocenters. The standard InChI is InChI=1S/C28H27N3O3/c1-19(23-11-7-9-20-8-3-4-10-24(20)23)29-18-27(32)30-22-16-14-21(15-17-22)28(33)31-25-12-5-6-13-26(25)34-2/h3-17,19,29H,18H2,1-2H3,(H,30,32)(H,31,33)/t19-/m1/s1. The van der Waals surface area contributed by atoms with Crippen LogP contribution < -0.4 is 20.7 Å². The Kier molecular flexibility index (Phi) is 7.20. The fourth-order valence-corrected chi connectivity index (χ4v) is 3.84. The fraction of sp³-hybridized carbons (Fsp3) is 0.143. The van der Waals surface area contributed by atoms with Gasteiger partial charge in [0.2, 0.25) is 5.91 Å². The number of ether oxygens (including phenoxy) is 1. The zero-order valence-corrected chi connectivity index (χ0v) is 19.2. The third kappa shape index (κ3) is 5.42. The smallest absolute Gasteiger partial charge is 0.255 e. The number of nitrogens with one attached hydrogen (secondary N) is 3. The Balaban J connectivity index is 1.32. The van der Waals surface area contributed by atoms with E-state index in [1.54, 1.807) is 43.5 Å². The number of fused-ring (bicyclic) bond motifs is 1. The van der Waals surface area contributed by atoms with Crippen molar-refractivity contribution in [2.45, 2.75) is 13.0 Å². The molecule has 0 saturated heterocycles. The van der Waals surface area contributed by atoms with Crippen molar-refractivity contribution in [1.82, 2.24) is 5.32 Å². The zero-order chi connectivity index (χ0) is 23.9. The number of rotatable bonds is 8. The molecule has 0 radical (unpaired) electrons. The van der Waals surface area contributed by atoms with Crippen LogP contribution in [-0.4, -0.2) is 25.5 Å². The van der Waals surface area contributed by atoms with Crippen molar-refractivity contribution in [3.8, 4) is 5.75 Å². The van der Waals surface area contributed by atoms with Crippen LogP contribution in [0.15, 0.2) is 91.0 Å². The first kappa shape index (κ1) is 23.0. The highest BCUT2D eigenvalue weighted by atomic mass is 16.5. The highest BCUT2D eigenvalue weighted by Gasteiger charge is 2.12. The molecule has 4 rings (SSSR count). The summed E-state index contributed by atoms with van der Waals surface area (Å²) >= 11 is 0. The van der Waals surface area contributed by atoms with Gasteiger partial charge in [-0.1, -0.05) is 54.6 Å². The largest absolute Gasteiger partial charge is 0.495 e. The van der Waals surface area contributed by atoms with E-state index in [1.807, 2.05) is 37.3 Å². The summed E-state index contributed by atoms with van der Waals surface area (Å²) in [7, 11) is 1.56. The van der Waals surface area contributed by atoms with E-state index in [4.69, 9.17) is 4.74 Å². The minimum absolute atomic E-state index is 0.0119. The molecule has 0 aromatic heterocycles. The molecule has 0 bridgehead atoms. The second-order valence-electron chi connectivity index (χ2n) is 7.95. The highest BCUT2D eigenvalue weighted by molar-refractivity contribution is 6.05. The average Bonchev–Trinajstić information content (AvgIpc) is 2.87. The summed E-state index contributed by atoms with van der Waals surface area (Å²) in [5, 5.41) is 11.3. The number of hydrogen-bond acceptors (Lipinski definition) is 4. The van der Waals surface area contributed by atoms with Crippen LogP contribution >= 0.6 is 0 Å². The Morgan fingerprint density at radius 3 is 2.32 bits per heavy atom. The maximum Gasteiger partial charge on any atom is 0.255 e. The van der Waals surface area contributed by atoms with Gasteiger partial charge in [0.15, 0.2) is 0 Å². The first-order valence-corrected chi connectivity index (χ1v) is 11.1. The molecule has 3 N–H and O–H groups in total. The van der Waals surface area contributed by atoms with Crippen molar-refractivity contribution in [2.75, 3.05) is 24.3 Å². The van der Waals surface area contributed by atoms with Crippen molar-refractivity contribution in [2.24, 2.45) is 0 Å². The SMILES string of the molecule is COc1ccccc1NC(=O)c1ccc(NC(=O)CN[C@H](C)c2cccc3ccccc23)cc1. The Hall–Kier alpha value is -4.16. The van der Waals surface area contributed by atoms with Gasteiger partial charge in [-0.25, -0.2) is 0 Å². The predicted octanol–water partition coefficient (Wildman–Crippen LogP) is 5.39. The Morgan fingerprint density at radius 2 is 1.53 bits per heavy atom. The van der Waals surface area contributed by atoms with Gasteiger partial charge in [-0.3, -0.25) is 9.59 Å². The van der Waals surface area contributed by atoms with Crippen LogP contribution in [0.1, 0.15) is 28.9 Å². The third-order valence-corrected chi connectivity index (χ3v) is 5.64. The number of amides is 2. The van der Waals surface area contributed by atoms with E-state index in [9.17, 15) is 9.59 Å². The van der Waals surface area contributed by atoms with E-state index in [1.165, 1.54) is 10.8 Å². The molecule has 0 aliphatic rings. The maximum absolute atomic E-state index is 12.6. The first-order chi connectivity index (χ1) is 16.5. The van der Waals surface area contributed by atoms with E-state index >= 15 is 0 Å². The lowest BCUT2D eigenvalue weighted by Gasteiger charge is -2.16. The van der Waals surface area contributed by atoms with Crippen molar-refractivity contribution >= 4 is 34.0 Å². The van der Waals surface area contributed by atoms with E-state index in [0.29, 0.717) is 22.7 Å². The van der Waals surface area contributed by atoms with E-state index in [-0.39, 0.29) is 24.4 Å². The molecule has 172 valence electrons.